The van der Waals surface area contributed by atoms with Crippen LogP contribution in [0.1, 0.15) is 44.1 Å². The van der Waals surface area contributed by atoms with Gasteiger partial charge in [-0.05, 0) is 33.1 Å². The lowest BCUT2D eigenvalue weighted by atomic mass is 9.90. The minimum atomic E-state index is -0.338. The lowest BCUT2D eigenvalue weighted by Crippen LogP contribution is -2.52. The van der Waals surface area contributed by atoms with Gasteiger partial charge in [-0.3, -0.25) is 9.48 Å². The maximum atomic E-state index is 12.3. The molecule has 0 fully saturated rings. The van der Waals surface area contributed by atoms with Gasteiger partial charge in [0.05, 0.1) is 12.1 Å². The topological polar surface area (TPSA) is 72.9 Å². The van der Waals surface area contributed by atoms with Gasteiger partial charge in [0.2, 0.25) is 5.91 Å². The van der Waals surface area contributed by atoms with Crippen molar-refractivity contribution in [2.24, 2.45) is 18.7 Å². The second-order valence-electron chi connectivity index (χ2n) is 6.36. The molecule has 7 heteroatoms. The Balaban J connectivity index is 0. The molecule has 1 rings (SSSR count). The largest absolute Gasteiger partial charge is 0.349 e. The van der Waals surface area contributed by atoms with Crippen molar-refractivity contribution in [1.29, 1.82) is 0 Å². The number of aromatic nitrogens is 2. The standard InChI is InChI=1S/C15H28N4O.2ClH/c1-10(2)8-15(5,9-16)17-14(20)7-13-11(3)18-19(6)12(13)4;;/h10H,7-9,16H2,1-6H3,(H,17,20);2*1H. The van der Waals surface area contributed by atoms with E-state index in [1.54, 1.807) is 0 Å². The van der Waals surface area contributed by atoms with Gasteiger partial charge in [-0.1, -0.05) is 13.8 Å². The summed E-state index contributed by atoms with van der Waals surface area (Å²) < 4.78 is 1.81. The zero-order chi connectivity index (χ0) is 15.5. The summed E-state index contributed by atoms with van der Waals surface area (Å²) >= 11 is 0. The van der Waals surface area contributed by atoms with Crippen LogP contribution in [-0.4, -0.2) is 27.8 Å². The van der Waals surface area contributed by atoms with Crippen LogP contribution >= 0.6 is 24.8 Å². The third kappa shape index (κ3) is 6.15. The number of carbonyl (C=O) groups is 1. The number of aryl methyl sites for hydroxylation is 2. The molecule has 0 aliphatic rings. The normalized spacial score (nSPS) is 13.1. The molecule has 0 radical (unpaired) electrons. The van der Waals surface area contributed by atoms with E-state index < -0.39 is 0 Å². The third-order valence-electron chi connectivity index (χ3n) is 3.75. The fraction of sp³-hybridized carbons (Fsp3) is 0.733. The summed E-state index contributed by atoms with van der Waals surface area (Å²) in [5, 5.41) is 7.43. The predicted octanol–water partition coefficient (Wildman–Crippen LogP) is 2.30. The van der Waals surface area contributed by atoms with Crippen molar-refractivity contribution >= 4 is 30.7 Å². The first kappa shape index (κ1) is 23.5. The minimum absolute atomic E-state index is 0. The fourth-order valence-corrected chi connectivity index (χ4v) is 2.70. The highest BCUT2D eigenvalue weighted by Gasteiger charge is 2.26. The van der Waals surface area contributed by atoms with E-state index in [4.69, 9.17) is 5.73 Å². The van der Waals surface area contributed by atoms with Gasteiger partial charge in [0.1, 0.15) is 0 Å². The van der Waals surface area contributed by atoms with Crippen molar-refractivity contribution in [3.63, 3.8) is 0 Å². The number of nitrogens with two attached hydrogens (primary N) is 1. The van der Waals surface area contributed by atoms with Crippen LogP contribution in [0.4, 0.5) is 0 Å². The molecular formula is C15H30Cl2N4O. The summed E-state index contributed by atoms with van der Waals surface area (Å²) in [4.78, 5) is 12.3. The van der Waals surface area contributed by atoms with Gasteiger partial charge in [0.15, 0.2) is 0 Å². The van der Waals surface area contributed by atoms with Gasteiger partial charge in [0.25, 0.3) is 0 Å². The van der Waals surface area contributed by atoms with Crippen LogP contribution in [0, 0.1) is 19.8 Å². The number of nitrogens with one attached hydrogen (secondary N) is 1. The molecule has 0 saturated carbocycles. The molecule has 0 saturated heterocycles. The van der Waals surface area contributed by atoms with Crippen molar-refractivity contribution in [1.82, 2.24) is 15.1 Å². The molecule has 3 N–H and O–H groups in total. The Morgan fingerprint density at radius 2 is 1.91 bits per heavy atom. The summed E-state index contributed by atoms with van der Waals surface area (Å²) in [6, 6.07) is 0. The molecule has 0 aliphatic heterocycles. The van der Waals surface area contributed by atoms with Gasteiger partial charge in [-0.15, -0.1) is 24.8 Å². The van der Waals surface area contributed by atoms with Crippen LogP contribution in [0.2, 0.25) is 0 Å². The Bertz CT molecular complexity index is 488. The average molecular weight is 353 g/mol. The monoisotopic (exact) mass is 352 g/mol. The first-order chi connectivity index (χ1) is 9.18. The molecule has 1 aromatic rings. The highest BCUT2D eigenvalue weighted by molar-refractivity contribution is 5.85. The Hall–Kier alpha value is -0.780. The van der Waals surface area contributed by atoms with E-state index in [0.717, 1.165) is 23.4 Å². The van der Waals surface area contributed by atoms with Crippen LogP contribution in [-0.2, 0) is 18.3 Å². The maximum absolute atomic E-state index is 12.3. The van der Waals surface area contributed by atoms with E-state index in [1.165, 1.54) is 0 Å². The van der Waals surface area contributed by atoms with Crippen molar-refractivity contribution in [2.75, 3.05) is 6.54 Å². The summed E-state index contributed by atoms with van der Waals surface area (Å²) in [6.45, 7) is 10.6. The molecule has 1 aromatic heterocycles. The Kier molecular flexibility index (Phi) is 10.0. The molecule has 1 unspecified atom stereocenters. The number of halogens is 2. The second kappa shape index (κ2) is 9.38. The van der Waals surface area contributed by atoms with E-state index in [0.29, 0.717) is 18.9 Å². The van der Waals surface area contributed by atoms with Crippen molar-refractivity contribution in [3.05, 3.63) is 17.0 Å². The molecule has 1 heterocycles. The van der Waals surface area contributed by atoms with Gasteiger partial charge in [0, 0.05) is 30.4 Å². The zero-order valence-corrected chi connectivity index (χ0v) is 16.0. The second-order valence-corrected chi connectivity index (χ2v) is 6.36. The lowest BCUT2D eigenvalue weighted by Gasteiger charge is -2.31. The third-order valence-corrected chi connectivity index (χ3v) is 3.75. The molecule has 1 amide bonds. The van der Waals surface area contributed by atoms with Crippen LogP contribution in [0.3, 0.4) is 0 Å². The highest BCUT2D eigenvalue weighted by Crippen LogP contribution is 2.17. The molecule has 0 aliphatic carbocycles. The fourth-order valence-electron chi connectivity index (χ4n) is 2.70. The summed E-state index contributed by atoms with van der Waals surface area (Å²) in [7, 11) is 1.90. The minimum Gasteiger partial charge on any atom is -0.349 e. The Morgan fingerprint density at radius 3 is 2.27 bits per heavy atom. The van der Waals surface area contributed by atoms with Gasteiger partial charge < -0.3 is 11.1 Å². The van der Waals surface area contributed by atoms with Crippen LogP contribution in [0.25, 0.3) is 0 Å². The molecular weight excluding hydrogens is 323 g/mol. The molecule has 130 valence electrons. The Labute approximate surface area is 146 Å². The quantitative estimate of drug-likeness (QED) is 0.824. The summed E-state index contributed by atoms with van der Waals surface area (Å²) in [6.07, 6.45) is 1.24. The van der Waals surface area contributed by atoms with Gasteiger partial charge in [-0.2, -0.15) is 5.10 Å². The number of hydrogen-bond acceptors (Lipinski definition) is 3. The number of amides is 1. The van der Waals surface area contributed by atoms with Crippen molar-refractivity contribution in [3.8, 4) is 0 Å². The van der Waals surface area contributed by atoms with Gasteiger partial charge in [-0.25, -0.2) is 0 Å². The SMILES string of the molecule is Cc1nn(C)c(C)c1CC(=O)NC(C)(CN)CC(C)C.Cl.Cl. The first-order valence-corrected chi connectivity index (χ1v) is 7.18. The van der Waals surface area contributed by atoms with E-state index in [2.05, 4.69) is 24.3 Å². The van der Waals surface area contributed by atoms with E-state index in [9.17, 15) is 4.79 Å². The van der Waals surface area contributed by atoms with Crippen LogP contribution in [0.5, 0.6) is 0 Å². The van der Waals surface area contributed by atoms with Crippen LogP contribution < -0.4 is 11.1 Å². The molecule has 22 heavy (non-hydrogen) atoms. The summed E-state index contributed by atoms with van der Waals surface area (Å²) in [5.41, 5.74) is 8.45. The summed E-state index contributed by atoms with van der Waals surface area (Å²) in [5.74, 6) is 0.503. The first-order valence-electron chi connectivity index (χ1n) is 7.18. The number of rotatable bonds is 6. The molecule has 0 bridgehead atoms. The van der Waals surface area contributed by atoms with Gasteiger partial charge >= 0.3 is 0 Å². The number of carbonyl (C=O) groups excluding carboxylic acids is 1. The van der Waals surface area contributed by atoms with Crippen molar-refractivity contribution in [2.45, 2.75) is 53.0 Å². The molecule has 0 aromatic carbocycles. The van der Waals surface area contributed by atoms with Crippen molar-refractivity contribution < 1.29 is 4.79 Å². The predicted molar refractivity (Wildman–Crippen MR) is 95.9 cm³/mol. The number of nitrogens with zero attached hydrogens (tertiary/aromatic N) is 2. The molecule has 0 spiro atoms. The molecule has 1 atom stereocenters. The van der Waals surface area contributed by atoms with E-state index in [-0.39, 0.29) is 36.3 Å². The maximum Gasteiger partial charge on any atom is 0.225 e. The smallest absolute Gasteiger partial charge is 0.225 e. The zero-order valence-electron chi connectivity index (χ0n) is 14.4. The molecule has 5 nitrogen and oxygen atoms in total. The average Bonchev–Trinajstić information content (AvgIpc) is 2.55. The van der Waals surface area contributed by atoms with E-state index >= 15 is 0 Å². The number of hydrogen-bond donors (Lipinski definition) is 2. The lowest BCUT2D eigenvalue weighted by molar-refractivity contribution is -0.122. The highest BCUT2D eigenvalue weighted by atomic mass is 35.5. The van der Waals surface area contributed by atoms with Crippen LogP contribution in [0.15, 0.2) is 0 Å². The van der Waals surface area contributed by atoms with E-state index in [1.807, 2.05) is 32.5 Å². The Morgan fingerprint density at radius 1 is 1.36 bits per heavy atom.